The minimum atomic E-state index is -1.41. The van der Waals surface area contributed by atoms with Crippen LogP contribution in [0.4, 0.5) is 0 Å². The van der Waals surface area contributed by atoms with Crippen molar-refractivity contribution in [2.45, 2.75) is 65.8 Å². The smallest absolute Gasteiger partial charge is 0.155 e. The van der Waals surface area contributed by atoms with Crippen molar-refractivity contribution in [1.29, 1.82) is 5.41 Å². The van der Waals surface area contributed by atoms with Gasteiger partial charge in [0.15, 0.2) is 5.84 Å². The number of fused-ring (bicyclic) bond motifs is 3. The summed E-state index contributed by atoms with van der Waals surface area (Å²) >= 11 is -1.41. The van der Waals surface area contributed by atoms with E-state index in [0.717, 1.165) is 17.0 Å². The Kier molecular flexibility index (Phi) is 7.72. The molecule has 10 heteroatoms. The van der Waals surface area contributed by atoms with E-state index in [9.17, 15) is 4.55 Å². The summed E-state index contributed by atoms with van der Waals surface area (Å²) in [5.74, 6) is 2.71. The molecular formula is C24H34N6O3S. The van der Waals surface area contributed by atoms with Crippen molar-refractivity contribution in [2.24, 2.45) is 9.39 Å². The van der Waals surface area contributed by atoms with E-state index in [0.29, 0.717) is 41.9 Å². The standard InChI is InChI=1S/C24H34N6O3S/c1-14(2)26-22(27-16(4)25)19-13-30-9-10-33-21-12-20(32-8)17(11-18(21)23(30)28-19)15(3)29-34(31)24(5,6)7/h11-14H,9-10H2,1-8H3,(H2,25,26,27)/b29-15+/t34-/m1/s1. The second-order valence-electron chi connectivity index (χ2n) is 9.42. The minimum absolute atomic E-state index is 0.133. The molecule has 2 N–H and O–H groups in total. The normalized spacial score (nSPS) is 15.2. The van der Waals surface area contributed by atoms with Gasteiger partial charge in [-0.15, -0.1) is 0 Å². The first-order chi connectivity index (χ1) is 15.9. The van der Waals surface area contributed by atoms with Crippen molar-refractivity contribution in [3.63, 3.8) is 0 Å². The number of methoxy groups -OCH3 is 1. The number of ether oxygens (including phenoxy) is 2. The van der Waals surface area contributed by atoms with Crippen LogP contribution in [0.1, 0.15) is 59.7 Å². The highest BCUT2D eigenvalue weighted by Crippen LogP contribution is 2.38. The van der Waals surface area contributed by atoms with E-state index in [1.165, 1.54) is 0 Å². The van der Waals surface area contributed by atoms with Gasteiger partial charge < -0.3 is 23.9 Å². The highest BCUT2D eigenvalue weighted by Gasteiger charge is 2.28. The first kappa shape index (κ1) is 25.8. The van der Waals surface area contributed by atoms with Gasteiger partial charge in [-0.25, -0.2) is 9.98 Å². The molecule has 0 radical (unpaired) electrons. The van der Waals surface area contributed by atoms with Crippen LogP contribution in [-0.2, 0) is 17.9 Å². The number of imidazole rings is 1. The van der Waals surface area contributed by atoms with Gasteiger partial charge in [0.25, 0.3) is 0 Å². The molecule has 1 aliphatic heterocycles. The number of rotatable bonds is 5. The van der Waals surface area contributed by atoms with E-state index in [1.807, 2.05) is 64.4 Å². The lowest BCUT2D eigenvalue weighted by molar-refractivity contribution is 0.304. The first-order valence-corrected chi connectivity index (χ1v) is 12.3. The van der Waals surface area contributed by atoms with Gasteiger partial charge in [0, 0.05) is 23.9 Å². The molecule has 0 unspecified atom stereocenters. The number of hydrogen-bond acceptors (Lipinski definition) is 6. The summed E-state index contributed by atoms with van der Waals surface area (Å²) in [6.07, 6.45) is 1.92. The summed E-state index contributed by atoms with van der Waals surface area (Å²) in [6.45, 7) is 14.2. The summed E-state index contributed by atoms with van der Waals surface area (Å²) < 4.78 is 30.3. The van der Waals surface area contributed by atoms with E-state index in [-0.39, 0.29) is 11.9 Å². The fourth-order valence-corrected chi connectivity index (χ4v) is 4.01. The summed E-state index contributed by atoms with van der Waals surface area (Å²) in [4.78, 5) is 9.21. The number of nitrogens with zero attached hydrogens (tertiary/aromatic N) is 4. The average Bonchev–Trinajstić information content (AvgIpc) is 3.08. The molecule has 2 aromatic rings. The molecule has 1 aromatic carbocycles. The number of benzene rings is 1. The van der Waals surface area contributed by atoms with Crippen LogP contribution in [0.2, 0.25) is 0 Å². The maximum absolute atomic E-state index is 12.6. The molecule has 0 saturated carbocycles. The van der Waals surface area contributed by atoms with Crippen LogP contribution in [0.3, 0.4) is 0 Å². The van der Waals surface area contributed by atoms with Crippen LogP contribution >= 0.6 is 0 Å². The van der Waals surface area contributed by atoms with E-state index >= 15 is 0 Å². The fraction of sp³-hybridized carbons (Fsp3) is 0.500. The van der Waals surface area contributed by atoms with Gasteiger partial charge in [0.1, 0.15) is 51.6 Å². The summed E-state index contributed by atoms with van der Waals surface area (Å²) in [6, 6.07) is 3.89. The maximum atomic E-state index is 12.6. The third-order valence-electron chi connectivity index (χ3n) is 4.99. The minimum Gasteiger partial charge on any atom is -0.591 e. The Bertz CT molecular complexity index is 1130. The van der Waals surface area contributed by atoms with Gasteiger partial charge in [-0.2, -0.15) is 0 Å². The molecule has 0 spiro atoms. The Morgan fingerprint density at radius 1 is 1.32 bits per heavy atom. The van der Waals surface area contributed by atoms with Gasteiger partial charge in [0.05, 0.1) is 24.9 Å². The Labute approximate surface area is 204 Å². The van der Waals surface area contributed by atoms with Crippen LogP contribution in [0.25, 0.3) is 11.4 Å². The molecule has 34 heavy (non-hydrogen) atoms. The third-order valence-corrected chi connectivity index (χ3v) is 6.48. The Balaban J connectivity index is 2.15. The van der Waals surface area contributed by atoms with Gasteiger partial charge in [-0.1, -0.05) is 4.40 Å². The lowest BCUT2D eigenvalue weighted by Crippen LogP contribution is -2.32. The first-order valence-electron chi connectivity index (χ1n) is 11.2. The predicted octanol–water partition coefficient (Wildman–Crippen LogP) is 3.96. The van der Waals surface area contributed by atoms with Crippen LogP contribution in [0.15, 0.2) is 27.7 Å². The fourth-order valence-electron chi connectivity index (χ4n) is 3.39. The van der Waals surface area contributed by atoms with Crippen LogP contribution in [-0.4, -0.2) is 56.0 Å². The molecule has 0 bridgehead atoms. The molecule has 0 fully saturated rings. The maximum Gasteiger partial charge on any atom is 0.155 e. The molecule has 1 aromatic heterocycles. The van der Waals surface area contributed by atoms with Gasteiger partial charge in [0.2, 0.25) is 0 Å². The molecule has 0 aliphatic carbocycles. The zero-order chi connectivity index (χ0) is 25.2. The van der Waals surface area contributed by atoms with Crippen LogP contribution < -0.4 is 14.8 Å². The zero-order valence-electron chi connectivity index (χ0n) is 21.1. The van der Waals surface area contributed by atoms with Crippen LogP contribution in [0, 0.1) is 5.41 Å². The summed E-state index contributed by atoms with van der Waals surface area (Å²) in [7, 11) is 1.59. The molecular weight excluding hydrogens is 452 g/mol. The second kappa shape index (κ2) is 10.2. The van der Waals surface area contributed by atoms with Crippen molar-refractivity contribution in [2.75, 3.05) is 13.7 Å². The van der Waals surface area contributed by atoms with E-state index < -0.39 is 16.1 Å². The van der Waals surface area contributed by atoms with Crippen LogP contribution in [0.5, 0.6) is 11.5 Å². The number of amidine groups is 2. The molecule has 0 amide bonds. The largest absolute Gasteiger partial charge is 0.591 e. The number of nitrogens with one attached hydrogen (secondary N) is 2. The molecule has 9 nitrogen and oxygen atoms in total. The monoisotopic (exact) mass is 486 g/mol. The van der Waals surface area contributed by atoms with E-state index in [1.54, 1.807) is 14.0 Å². The van der Waals surface area contributed by atoms with Gasteiger partial charge in [-0.05, 0) is 54.5 Å². The summed E-state index contributed by atoms with van der Waals surface area (Å²) in [5, 5.41) is 11.1. The molecule has 184 valence electrons. The number of aromatic nitrogens is 2. The predicted molar refractivity (Wildman–Crippen MR) is 138 cm³/mol. The number of aliphatic imine (C=N–C) groups is 1. The van der Waals surface area contributed by atoms with Crippen molar-refractivity contribution in [1.82, 2.24) is 14.9 Å². The SMILES string of the molecule is COc1cc2c(cc1/C(C)=N/[S@+]([O-])C(C)(C)C)-c1nc(/C(=N/C(C)=N)NC(C)C)cn1CCO2. The van der Waals surface area contributed by atoms with E-state index in [2.05, 4.69) is 14.7 Å². The molecule has 1 atom stereocenters. The van der Waals surface area contributed by atoms with E-state index in [4.69, 9.17) is 19.9 Å². The number of hydrogen-bond donors (Lipinski definition) is 2. The molecule has 2 heterocycles. The third kappa shape index (κ3) is 5.79. The topological polar surface area (TPSA) is 120 Å². The zero-order valence-corrected chi connectivity index (χ0v) is 22.0. The lowest BCUT2D eigenvalue weighted by Gasteiger charge is -2.19. The molecule has 1 aliphatic rings. The van der Waals surface area contributed by atoms with Gasteiger partial charge in [-0.3, -0.25) is 5.41 Å². The molecule has 3 rings (SSSR count). The van der Waals surface area contributed by atoms with Crippen molar-refractivity contribution in [3.05, 3.63) is 29.6 Å². The highest BCUT2D eigenvalue weighted by molar-refractivity contribution is 7.91. The Morgan fingerprint density at radius 3 is 2.62 bits per heavy atom. The quantitative estimate of drug-likeness (QED) is 0.376. The Hall–Kier alpha value is -2.85. The Morgan fingerprint density at radius 2 is 2.03 bits per heavy atom. The van der Waals surface area contributed by atoms with Crippen molar-refractivity contribution in [3.8, 4) is 22.9 Å². The average molecular weight is 487 g/mol. The lowest BCUT2D eigenvalue weighted by atomic mass is 10.0. The van der Waals surface area contributed by atoms with Crippen molar-refractivity contribution < 1.29 is 14.0 Å². The molecule has 0 saturated heterocycles. The second-order valence-corrected chi connectivity index (χ2v) is 11.3. The van der Waals surface area contributed by atoms with Crippen molar-refractivity contribution >= 4 is 28.7 Å². The van der Waals surface area contributed by atoms with Gasteiger partial charge >= 0.3 is 0 Å². The highest BCUT2D eigenvalue weighted by atomic mass is 32.2. The summed E-state index contributed by atoms with van der Waals surface area (Å²) in [5.41, 5.74) is 2.77.